The molecule has 0 saturated carbocycles. The van der Waals surface area contributed by atoms with Crippen molar-refractivity contribution >= 4 is 23.3 Å². The maximum atomic E-state index is 13.3. The van der Waals surface area contributed by atoms with Crippen LogP contribution in [-0.2, 0) is 9.53 Å². The highest BCUT2D eigenvalue weighted by molar-refractivity contribution is 6.05. The SMILES string of the molecule is CN1CCN(c2ccc(C(=O)OC(C)(C)C)c(N(CCCF)C(=O)C(F)(F)F)c2)CC1. The van der Waals surface area contributed by atoms with Crippen molar-refractivity contribution in [3.05, 3.63) is 23.8 Å². The highest BCUT2D eigenvalue weighted by atomic mass is 19.4. The van der Waals surface area contributed by atoms with Crippen LogP contribution in [0.5, 0.6) is 0 Å². The van der Waals surface area contributed by atoms with Gasteiger partial charge in [0.1, 0.15) is 5.60 Å². The fourth-order valence-corrected chi connectivity index (χ4v) is 3.21. The molecule has 0 aromatic heterocycles. The molecule has 31 heavy (non-hydrogen) atoms. The first-order chi connectivity index (χ1) is 14.3. The number of carbonyl (C=O) groups excluding carboxylic acids is 2. The van der Waals surface area contributed by atoms with E-state index in [0.29, 0.717) is 23.7 Å². The van der Waals surface area contributed by atoms with Gasteiger partial charge in [0.15, 0.2) is 0 Å². The Morgan fingerprint density at radius 1 is 1.10 bits per heavy atom. The van der Waals surface area contributed by atoms with Gasteiger partial charge in [0.25, 0.3) is 0 Å². The van der Waals surface area contributed by atoms with Gasteiger partial charge in [-0.05, 0) is 52.4 Å². The number of amides is 1. The van der Waals surface area contributed by atoms with E-state index in [2.05, 4.69) is 4.90 Å². The van der Waals surface area contributed by atoms with E-state index in [1.807, 2.05) is 11.9 Å². The average Bonchev–Trinajstić information content (AvgIpc) is 2.66. The molecule has 0 radical (unpaired) electrons. The van der Waals surface area contributed by atoms with Gasteiger partial charge in [-0.2, -0.15) is 13.2 Å². The number of benzene rings is 1. The van der Waals surface area contributed by atoms with Crippen molar-refractivity contribution in [2.24, 2.45) is 0 Å². The lowest BCUT2D eigenvalue weighted by Crippen LogP contribution is -2.45. The van der Waals surface area contributed by atoms with Gasteiger partial charge >= 0.3 is 18.1 Å². The van der Waals surface area contributed by atoms with Crippen LogP contribution in [0.25, 0.3) is 0 Å². The topological polar surface area (TPSA) is 53.1 Å². The van der Waals surface area contributed by atoms with Crippen LogP contribution in [-0.4, -0.2) is 75.0 Å². The molecule has 1 heterocycles. The van der Waals surface area contributed by atoms with Gasteiger partial charge in [-0.25, -0.2) is 4.79 Å². The zero-order chi connectivity index (χ0) is 23.4. The van der Waals surface area contributed by atoms with Gasteiger partial charge in [-0.3, -0.25) is 9.18 Å². The van der Waals surface area contributed by atoms with Crippen LogP contribution in [0.1, 0.15) is 37.6 Å². The van der Waals surface area contributed by atoms with Gasteiger partial charge in [0.05, 0.1) is 17.9 Å². The van der Waals surface area contributed by atoms with E-state index < -0.39 is 36.9 Å². The largest absolute Gasteiger partial charge is 0.471 e. The molecule has 1 aliphatic rings. The molecule has 1 fully saturated rings. The molecule has 6 nitrogen and oxygen atoms in total. The molecule has 0 N–H and O–H groups in total. The molecule has 1 aliphatic heterocycles. The second kappa shape index (κ2) is 9.84. The van der Waals surface area contributed by atoms with Gasteiger partial charge in [-0.15, -0.1) is 0 Å². The number of piperazine rings is 1. The molecule has 0 aliphatic carbocycles. The summed E-state index contributed by atoms with van der Waals surface area (Å²) in [4.78, 5) is 29.4. The van der Waals surface area contributed by atoms with Crippen molar-refractivity contribution in [3.8, 4) is 0 Å². The van der Waals surface area contributed by atoms with E-state index in [1.54, 1.807) is 26.8 Å². The zero-order valence-corrected chi connectivity index (χ0v) is 18.3. The molecule has 1 aromatic carbocycles. The summed E-state index contributed by atoms with van der Waals surface area (Å²) in [6, 6.07) is 4.37. The standard InChI is InChI=1S/C21H29F4N3O3/c1-20(2,3)31-18(29)16-7-6-15(27-12-10-26(4)11-13-27)14-17(16)28(9-5-8-22)19(30)21(23,24)25/h6-7,14H,5,8-13H2,1-4H3. The number of nitrogens with zero attached hydrogens (tertiary/aromatic N) is 3. The quantitative estimate of drug-likeness (QED) is 0.492. The van der Waals surface area contributed by atoms with Crippen molar-refractivity contribution in [1.82, 2.24) is 4.90 Å². The van der Waals surface area contributed by atoms with Gasteiger partial charge in [0.2, 0.25) is 0 Å². The number of rotatable bonds is 6. The number of hydrogen-bond acceptors (Lipinski definition) is 5. The molecule has 0 atom stereocenters. The minimum absolute atomic E-state index is 0.177. The smallest absolute Gasteiger partial charge is 0.456 e. The number of ether oxygens (including phenoxy) is 1. The first kappa shape index (κ1) is 24.9. The summed E-state index contributed by atoms with van der Waals surface area (Å²) < 4.78 is 58.0. The Balaban J connectivity index is 2.54. The fourth-order valence-electron chi connectivity index (χ4n) is 3.21. The molecule has 1 aromatic rings. The lowest BCUT2D eigenvalue weighted by molar-refractivity contribution is -0.170. The number of likely N-dealkylation sites (N-methyl/N-ethyl adjacent to an activating group) is 1. The number of halogens is 4. The summed E-state index contributed by atoms with van der Waals surface area (Å²) in [5.74, 6) is -3.01. The fraction of sp³-hybridized carbons (Fsp3) is 0.619. The Kier molecular flexibility index (Phi) is 7.91. The number of alkyl halides is 4. The van der Waals surface area contributed by atoms with Crippen LogP contribution in [0.2, 0.25) is 0 Å². The van der Waals surface area contributed by atoms with Crippen LogP contribution in [0, 0.1) is 0 Å². The Labute approximate surface area is 179 Å². The third-order valence-corrected chi connectivity index (χ3v) is 4.76. The summed E-state index contributed by atoms with van der Waals surface area (Å²) in [5, 5.41) is 0. The first-order valence-corrected chi connectivity index (χ1v) is 10.1. The highest BCUT2D eigenvalue weighted by Crippen LogP contribution is 2.32. The third kappa shape index (κ3) is 6.81. The lowest BCUT2D eigenvalue weighted by Gasteiger charge is -2.35. The maximum Gasteiger partial charge on any atom is 0.471 e. The Morgan fingerprint density at radius 3 is 2.23 bits per heavy atom. The summed E-state index contributed by atoms with van der Waals surface area (Å²) in [6.07, 6.45) is -5.47. The minimum Gasteiger partial charge on any atom is -0.456 e. The number of anilines is 2. The lowest BCUT2D eigenvalue weighted by atomic mass is 10.1. The zero-order valence-electron chi connectivity index (χ0n) is 18.3. The summed E-state index contributed by atoms with van der Waals surface area (Å²) >= 11 is 0. The van der Waals surface area contributed by atoms with E-state index >= 15 is 0 Å². The molecule has 174 valence electrons. The predicted molar refractivity (Wildman–Crippen MR) is 110 cm³/mol. The maximum absolute atomic E-state index is 13.3. The number of hydrogen-bond donors (Lipinski definition) is 0. The monoisotopic (exact) mass is 447 g/mol. The summed E-state index contributed by atoms with van der Waals surface area (Å²) in [7, 11) is 1.97. The normalized spacial score (nSPS) is 15.7. The van der Waals surface area contributed by atoms with E-state index in [0.717, 1.165) is 13.1 Å². The second-order valence-corrected chi connectivity index (χ2v) is 8.49. The Morgan fingerprint density at radius 2 is 1.71 bits per heavy atom. The molecule has 2 rings (SSSR count). The van der Waals surface area contributed by atoms with Gasteiger partial charge in [-0.1, -0.05) is 0 Å². The Bertz CT molecular complexity index is 785. The highest BCUT2D eigenvalue weighted by Gasteiger charge is 2.44. The minimum atomic E-state index is -5.18. The van der Waals surface area contributed by atoms with Crippen LogP contribution in [0.4, 0.5) is 28.9 Å². The van der Waals surface area contributed by atoms with Gasteiger partial charge in [0, 0.05) is 38.4 Å². The molecular weight excluding hydrogens is 418 g/mol. The van der Waals surface area contributed by atoms with Crippen molar-refractivity contribution < 1.29 is 31.9 Å². The van der Waals surface area contributed by atoms with Gasteiger partial charge < -0.3 is 19.4 Å². The Hall–Kier alpha value is -2.36. The molecule has 10 heteroatoms. The van der Waals surface area contributed by atoms with Crippen LogP contribution < -0.4 is 9.80 Å². The van der Waals surface area contributed by atoms with Crippen LogP contribution >= 0.6 is 0 Å². The molecular formula is C21H29F4N3O3. The van der Waals surface area contributed by atoms with E-state index in [1.165, 1.54) is 12.1 Å². The van der Waals surface area contributed by atoms with Crippen LogP contribution in [0.3, 0.4) is 0 Å². The van der Waals surface area contributed by atoms with E-state index in [4.69, 9.17) is 4.74 Å². The predicted octanol–water partition coefficient (Wildman–Crippen LogP) is 3.65. The van der Waals surface area contributed by atoms with E-state index in [9.17, 15) is 27.2 Å². The number of carbonyl (C=O) groups is 2. The van der Waals surface area contributed by atoms with Crippen molar-refractivity contribution in [1.29, 1.82) is 0 Å². The molecule has 0 unspecified atom stereocenters. The molecule has 1 amide bonds. The van der Waals surface area contributed by atoms with Crippen molar-refractivity contribution in [3.63, 3.8) is 0 Å². The third-order valence-electron chi connectivity index (χ3n) is 4.76. The first-order valence-electron chi connectivity index (χ1n) is 10.1. The average molecular weight is 447 g/mol. The van der Waals surface area contributed by atoms with Crippen molar-refractivity contribution in [2.75, 3.05) is 56.2 Å². The van der Waals surface area contributed by atoms with Crippen LogP contribution in [0.15, 0.2) is 18.2 Å². The summed E-state index contributed by atoms with van der Waals surface area (Å²) in [5.41, 5.74) is -0.719. The molecule has 0 bridgehead atoms. The summed E-state index contributed by atoms with van der Waals surface area (Å²) in [6.45, 7) is 6.27. The molecule has 0 spiro atoms. The molecule has 1 saturated heterocycles. The number of esters is 1. The van der Waals surface area contributed by atoms with Crippen molar-refractivity contribution in [2.45, 2.75) is 39.0 Å². The van der Waals surface area contributed by atoms with E-state index in [-0.39, 0.29) is 17.7 Å². The second-order valence-electron chi connectivity index (χ2n) is 8.49.